The molecule has 1 aromatic heterocycles. The van der Waals surface area contributed by atoms with Crippen LogP contribution in [0.5, 0.6) is 0 Å². The highest BCUT2D eigenvalue weighted by Crippen LogP contribution is 2.23. The fourth-order valence-corrected chi connectivity index (χ4v) is 4.64. The Morgan fingerprint density at radius 3 is 2.61 bits per heavy atom. The zero-order valence-electron chi connectivity index (χ0n) is 18.8. The lowest BCUT2D eigenvalue weighted by molar-refractivity contribution is -0.133. The molecule has 0 radical (unpaired) electrons. The number of aromatic nitrogens is 2. The second kappa shape index (κ2) is 10.4. The number of benzene rings is 1. The van der Waals surface area contributed by atoms with Gasteiger partial charge in [-0.1, -0.05) is 34.6 Å². The Balaban J connectivity index is 1.32. The number of hydrogen-bond donors (Lipinski definition) is 0. The Labute approximate surface area is 184 Å². The first kappa shape index (κ1) is 22.0. The van der Waals surface area contributed by atoms with Crippen LogP contribution in [0, 0.1) is 19.8 Å². The molecule has 1 atom stereocenters. The Morgan fingerprint density at radius 2 is 1.94 bits per heavy atom. The maximum absolute atomic E-state index is 13.1. The van der Waals surface area contributed by atoms with Crippen LogP contribution >= 0.6 is 0 Å². The monoisotopic (exact) mass is 426 g/mol. The molecule has 2 aliphatic rings. The number of carbonyl (C=O) groups excluding carboxylic acids is 1. The van der Waals surface area contributed by atoms with Crippen molar-refractivity contribution in [3.8, 4) is 0 Å². The molecule has 168 valence electrons. The van der Waals surface area contributed by atoms with Gasteiger partial charge in [-0.25, -0.2) is 4.63 Å². The third-order valence-corrected chi connectivity index (χ3v) is 6.71. The molecule has 7 nitrogen and oxygen atoms in total. The predicted molar refractivity (Wildman–Crippen MR) is 117 cm³/mol. The van der Waals surface area contributed by atoms with Gasteiger partial charge in [-0.2, -0.15) is 0 Å². The van der Waals surface area contributed by atoms with Crippen LogP contribution in [0.2, 0.25) is 0 Å². The minimum atomic E-state index is 0.0941. The van der Waals surface area contributed by atoms with Crippen molar-refractivity contribution in [1.82, 2.24) is 20.1 Å². The largest absolute Gasteiger partial charge is 0.376 e. The fraction of sp³-hybridized carbons (Fsp3) is 0.625. The molecule has 2 aromatic rings. The van der Waals surface area contributed by atoms with Crippen molar-refractivity contribution in [3.05, 3.63) is 46.8 Å². The summed E-state index contributed by atoms with van der Waals surface area (Å²) in [5, 5.41) is 7.71. The van der Waals surface area contributed by atoms with Crippen molar-refractivity contribution in [1.29, 1.82) is 0 Å². The molecule has 2 saturated heterocycles. The van der Waals surface area contributed by atoms with Gasteiger partial charge in [0.05, 0.1) is 12.5 Å². The summed E-state index contributed by atoms with van der Waals surface area (Å²) in [6.07, 6.45) is 4.74. The van der Waals surface area contributed by atoms with Crippen molar-refractivity contribution < 1.29 is 14.2 Å². The van der Waals surface area contributed by atoms with Gasteiger partial charge in [0, 0.05) is 26.2 Å². The van der Waals surface area contributed by atoms with E-state index in [0.717, 1.165) is 58.5 Å². The zero-order chi connectivity index (χ0) is 21.6. The smallest absolute Gasteiger partial charge is 0.228 e. The highest BCUT2D eigenvalue weighted by Gasteiger charge is 2.28. The maximum atomic E-state index is 13.1. The van der Waals surface area contributed by atoms with Gasteiger partial charge in [0.1, 0.15) is 11.4 Å². The summed E-state index contributed by atoms with van der Waals surface area (Å²) in [6.45, 7) is 9.44. The molecule has 1 unspecified atom stereocenters. The number of rotatable bonds is 8. The minimum Gasteiger partial charge on any atom is -0.376 e. The average Bonchev–Trinajstić information content (AvgIpc) is 3.42. The maximum Gasteiger partial charge on any atom is 0.228 e. The molecule has 0 N–H and O–H groups in total. The normalized spacial score (nSPS) is 20.3. The Hall–Kier alpha value is -2.25. The third kappa shape index (κ3) is 5.92. The fourth-order valence-electron chi connectivity index (χ4n) is 4.64. The van der Waals surface area contributed by atoms with Gasteiger partial charge >= 0.3 is 0 Å². The van der Waals surface area contributed by atoms with Crippen molar-refractivity contribution in [2.75, 3.05) is 32.8 Å². The molecular formula is C24H34N4O3. The van der Waals surface area contributed by atoms with Crippen LogP contribution in [0.1, 0.15) is 48.2 Å². The van der Waals surface area contributed by atoms with Gasteiger partial charge < -0.3 is 9.64 Å². The molecule has 31 heavy (non-hydrogen) atoms. The lowest BCUT2D eigenvalue weighted by atomic mass is 9.95. The topological polar surface area (TPSA) is 71.7 Å². The summed E-state index contributed by atoms with van der Waals surface area (Å²) in [5.74, 6) is 0.617. The van der Waals surface area contributed by atoms with E-state index < -0.39 is 0 Å². The Kier molecular flexibility index (Phi) is 7.35. The number of ether oxygens (including phenoxy) is 1. The molecule has 7 heteroatoms. The molecule has 3 heterocycles. The summed E-state index contributed by atoms with van der Waals surface area (Å²) < 4.78 is 10.6. The summed E-state index contributed by atoms with van der Waals surface area (Å²) in [5.41, 5.74) is 4.09. The van der Waals surface area contributed by atoms with E-state index in [1.165, 1.54) is 11.1 Å². The summed E-state index contributed by atoms with van der Waals surface area (Å²) >= 11 is 0. The first-order chi connectivity index (χ1) is 15.1. The van der Waals surface area contributed by atoms with E-state index in [4.69, 9.17) is 9.37 Å². The summed E-state index contributed by atoms with van der Waals surface area (Å²) in [7, 11) is 0. The number of nitrogens with zero attached hydrogens (tertiary/aromatic N) is 4. The van der Waals surface area contributed by atoms with Crippen molar-refractivity contribution >= 4 is 5.91 Å². The lowest BCUT2D eigenvalue weighted by Crippen LogP contribution is -2.44. The molecule has 2 aliphatic heterocycles. The number of hydrogen-bond acceptors (Lipinski definition) is 6. The van der Waals surface area contributed by atoms with E-state index in [0.29, 0.717) is 23.9 Å². The summed E-state index contributed by atoms with van der Waals surface area (Å²) in [4.78, 5) is 17.7. The van der Waals surface area contributed by atoms with E-state index >= 15 is 0 Å². The van der Waals surface area contributed by atoms with Crippen LogP contribution in [0.3, 0.4) is 0 Å². The third-order valence-electron chi connectivity index (χ3n) is 6.71. The molecule has 4 rings (SSSR count). The van der Waals surface area contributed by atoms with Gasteiger partial charge in [0.2, 0.25) is 5.91 Å². The summed E-state index contributed by atoms with van der Waals surface area (Å²) in [6, 6.07) is 8.63. The van der Waals surface area contributed by atoms with Crippen molar-refractivity contribution in [2.45, 2.75) is 58.6 Å². The highest BCUT2D eigenvalue weighted by atomic mass is 16.6. The zero-order valence-corrected chi connectivity index (χ0v) is 18.8. The molecule has 2 fully saturated rings. The van der Waals surface area contributed by atoms with Gasteiger partial charge in [-0.3, -0.25) is 9.69 Å². The van der Waals surface area contributed by atoms with E-state index in [-0.39, 0.29) is 18.4 Å². The van der Waals surface area contributed by atoms with Gasteiger partial charge in [-0.05, 0) is 69.7 Å². The van der Waals surface area contributed by atoms with Gasteiger partial charge in [0.25, 0.3) is 0 Å². The first-order valence-corrected chi connectivity index (χ1v) is 11.5. The Morgan fingerprint density at radius 1 is 1.13 bits per heavy atom. The highest BCUT2D eigenvalue weighted by molar-refractivity contribution is 5.78. The Bertz CT molecular complexity index is 854. The van der Waals surface area contributed by atoms with Crippen LogP contribution in [0.15, 0.2) is 28.9 Å². The van der Waals surface area contributed by atoms with Crippen LogP contribution in [-0.2, 0) is 22.5 Å². The first-order valence-electron chi connectivity index (χ1n) is 11.5. The van der Waals surface area contributed by atoms with Gasteiger partial charge in [-0.15, -0.1) is 0 Å². The molecule has 0 saturated carbocycles. The quantitative estimate of drug-likeness (QED) is 0.646. The van der Waals surface area contributed by atoms with Crippen LogP contribution in [0.4, 0.5) is 0 Å². The molecule has 0 aliphatic carbocycles. The number of carbonyl (C=O) groups is 1. The van der Waals surface area contributed by atoms with Crippen molar-refractivity contribution in [2.24, 2.45) is 5.92 Å². The van der Waals surface area contributed by atoms with Crippen LogP contribution < -0.4 is 0 Å². The van der Waals surface area contributed by atoms with Gasteiger partial charge in [0.15, 0.2) is 0 Å². The predicted octanol–water partition coefficient (Wildman–Crippen LogP) is 3.15. The van der Waals surface area contributed by atoms with E-state index in [9.17, 15) is 4.79 Å². The lowest BCUT2D eigenvalue weighted by Gasteiger charge is -2.35. The molecule has 1 aromatic carbocycles. The molecule has 0 bridgehead atoms. The molecule has 1 amide bonds. The SMILES string of the molecule is Cc1ccccc1CN1CCC(CN(CC2CCCO2)C(=O)Cc2nonc2C)CC1. The molecular weight excluding hydrogens is 392 g/mol. The number of likely N-dealkylation sites (tertiary alicyclic amines) is 1. The number of piperidine rings is 1. The number of aryl methyl sites for hydroxylation is 2. The average molecular weight is 427 g/mol. The molecule has 0 spiro atoms. The van der Waals surface area contributed by atoms with E-state index in [1.54, 1.807) is 0 Å². The van der Waals surface area contributed by atoms with E-state index in [1.807, 2.05) is 11.8 Å². The second-order valence-electron chi connectivity index (χ2n) is 9.05. The van der Waals surface area contributed by atoms with Crippen LogP contribution in [-0.4, -0.2) is 64.9 Å². The minimum absolute atomic E-state index is 0.0941. The standard InChI is InChI=1S/C24H34N4O3/c1-18-6-3-4-7-21(18)16-27-11-9-20(10-12-27)15-28(17-22-8-5-13-30-22)24(29)14-23-19(2)25-31-26-23/h3-4,6-7,20,22H,5,8-17H2,1-2H3. The second-order valence-corrected chi connectivity index (χ2v) is 9.05. The number of amides is 1. The van der Waals surface area contributed by atoms with E-state index in [2.05, 4.69) is 46.4 Å². The van der Waals surface area contributed by atoms with Crippen molar-refractivity contribution in [3.63, 3.8) is 0 Å². The van der Waals surface area contributed by atoms with Crippen LogP contribution in [0.25, 0.3) is 0 Å².